The van der Waals surface area contributed by atoms with Crippen molar-refractivity contribution in [1.29, 1.82) is 0 Å². The van der Waals surface area contributed by atoms with E-state index in [4.69, 9.17) is 0 Å². The Kier molecular flexibility index (Phi) is 4.20. The van der Waals surface area contributed by atoms with Crippen LogP contribution in [0.4, 0.5) is 0 Å². The predicted molar refractivity (Wildman–Crippen MR) is 70.4 cm³/mol. The first-order valence-electron chi connectivity index (χ1n) is 6.44. The van der Waals surface area contributed by atoms with E-state index in [0.29, 0.717) is 11.5 Å². The third-order valence-corrected chi connectivity index (χ3v) is 3.52. The summed E-state index contributed by atoms with van der Waals surface area (Å²) in [7, 11) is 0. The second-order valence-corrected chi connectivity index (χ2v) is 4.95. The molecule has 0 saturated carbocycles. The first-order valence-corrected chi connectivity index (χ1v) is 6.44. The van der Waals surface area contributed by atoms with Crippen molar-refractivity contribution in [3.05, 3.63) is 29.8 Å². The lowest BCUT2D eigenvalue weighted by molar-refractivity contribution is -0.121. The van der Waals surface area contributed by atoms with E-state index in [1.807, 2.05) is 6.07 Å². The van der Waals surface area contributed by atoms with Crippen molar-refractivity contribution in [2.75, 3.05) is 13.1 Å². The molecule has 4 nitrogen and oxygen atoms in total. The second kappa shape index (κ2) is 5.87. The molecule has 4 heteroatoms. The molecule has 2 unspecified atom stereocenters. The Morgan fingerprint density at radius 1 is 1.50 bits per heavy atom. The number of carbonyl (C=O) groups excluding carboxylic acids is 1. The molecular weight excluding hydrogens is 228 g/mol. The van der Waals surface area contributed by atoms with Crippen LogP contribution in [-0.2, 0) is 11.2 Å². The van der Waals surface area contributed by atoms with Gasteiger partial charge in [-0.25, -0.2) is 0 Å². The van der Waals surface area contributed by atoms with Crippen molar-refractivity contribution in [2.45, 2.75) is 25.8 Å². The standard InChI is InChI=1S/C14H20N2O2/c1-10-6-7-15-9-12(10)16-14(18)8-11-4-2-3-5-13(11)17/h2-5,10,12,15,17H,6-9H2,1H3,(H,16,18). The number of hydrogen-bond acceptors (Lipinski definition) is 3. The van der Waals surface area contributed by atoms with Crippen LogP contribution in [0.1, 0.15) is 18.9 Å². The van der Waals surface area contributed by atoms with Crippen molar-refractivity contribution in [3.8, 4) is 5.75 Å². The Morgan fingerprint density at radius 3 is 3.00 bits per heavy atom. The molecule has 1 saturated heterocycles. The van der Waals surface area contributed by atoms with Crippen LogP contribution < -0.4 is 10.6 Å². The molecule has 1 heterocycles. The van der Waals surface area contributed by atoms with Gasteiger partial charge in [-0.05, 0) is 24.9 Å². The van der Waals surface area contributed by atoms with Gasteiger partial charge in [-0.3, -0.25) is 4.79 Å². The van der Waals surface area contributed by atoms with Gasteiger partial charge in [0.25, 0.3) is 0 Å². The van der Waals surface area contributed by atoms with E-state index in [1.165, 1.54) is 0 Å². The summed E-state index contributed by atoms with van der Waals surface area (Å²) in [6.07, 6.45) is 1.32. The van der Waals surface area contributed by atoms with Gasteiger partial charge >= 0.3 is 0 Å². The lowest BCUT2D eigenvalue weighted by atomic mass is 9.94. The monoisotopic (exact) mass is 248 g/mol. The lowest BCUT2D eigenvalue weighted by Crippen LogP contribution is -2.50. The third-order valence-electron chi connectivity index (χ3n) is 3.52. The van der Waals surface area contributed by atoms with Gasteiger partial charge in [0.15, 0.2) is 0 Å². The maximum Gasteiger partial charge on any atom is 0.224 e. The first kappa shape index (κ1) is 12.9. The van der Waals surface area contributed by atoms with Crippen LogP contribution >= 0.6 is 0 Å². The Bertz CT molecular complexity index is 420. The minimum absolute atomic E-state index is 0.0305. The SMILES string of the molecule is CC1CCNCC1NC(=O)Cc1ccccc1O. The van der Waals surface area contributed by atoms with Crippen molar-refractivity contribution >= 4 is 5.91 Å². The molecular formula is C14H20N2O2. The van der Waals surface area contributed by atoms with Gasteiger partial charge in [0.1, 0.15) is 5.75 Å². The Hall–Kier alpha value is -1.55. The maximum atomic E-state index is 11.9. The zero-order valence-electron chi connectivity index (χ0n) is 10.6. The summed E-state index contributed by atoms with van der Waals surface area (Å²) in [6.45, 7) is 4.01. The number of amides is 1. The van der Waals surface area contributed by atoms with E-state index < -0.39 is 0 Å². The molecule has 0 bridgehead atoms. The molecule has 0 aliphatic carbocycles. The Balaban J connectivity index is 1.90. The number of piperidine rings is 1. The van der Waals surface area contributed by atoms with Crippen LogP contribution in [0.2, 0.25) is 0 Å². The fourth-order valence-corrected chi connectivity index (χ4v) is 2.27. The summed E-state index contributed by atoms with van der Waals surface area (Å²) in [6, 6.07) is 7.15. The molecule has 0 spiro atoms. The molecule has 3 N–H and O–H groups in total. The highest BCUT2D eigenvalue weighted by Gasteiger charge is 2.22. The molecule has 0 radical (unpaired) electrons. The van der Waals surface area contributed by atoms with E-state index in [-0.39, 0.29) is 24.1 Å². The average Bonchev–Trinajstić information content (AvgIpc) is 2.35. The van der Waals surface area contributed by atoms with Crippen LogP contribution in [0, 0.1) is 5.92 Å². The maximum absolute atomic E-state index is 11.9. The second-order valence-electron chi connectivity index (χ2n) is 4.95. The van der Waals surface area contributed by atoms with Crippen LogP contribution in [0.15, 0.2) is 24.3 Å². The quantitative estimate of drug-likeness (QED) is 0.749. The zero-order chi connectivity index (χ0) is 13.0. The fraction of sp³-hybridized carbons (Fsp3) is 0.500. The zero-order valence-corrected chi connectivity index (χ0v) is 10.6. The number of aromatic hydroxyl groups is 1. The van der Waals surface area contributed by atoms with Crippen LogP contribution in [-0.4, -0.2) is 30.1 Å². The minimum atomic E-state index is -0.0305. The van der Waals surface area contributed by atoms with Crippen molar-refractivity contribution in [2.24, 2.45) is 5.92 Å². The minimum Gasteiger partial charge on any atom is -0.508 e. The summed E-state index contributed by atoms with van der Waals surface area (Å²) in [5.41, 5.74) is 0.673. The Labute approximate surface area is 107 Å². The molecule has 98 valence electrons. The van der Waals surface area contributed by atoms with Crippen molar-refractivity contribution in [3.63, 3.8) is 0 Å². The number of benzene rings is 1. The Morgan fingerprint density at radius 2 is 2.28 bits per heavy atom. The van der Waals surface area contributed by atoms with E-state index in [2.05, 4.69) is 17.6 Å². The largest absolute Gasteiger partial charge is 0.508 e. The molecule has 1 fully saturated rings. The molecule has 0 aromatic heterocycles. The lowest BCUT2D eigenvalue weighted by Gasteiger charge is -2.30. The highest BCUT2D eigenvalue weighted by atomic mass is 16.3. The van der Waals surface area contributed by atoms with E-state index in [9.17, 15) is 9.90 Å². The number of carbonyl (C=O) groups is 1. The number of phenols is 1. The highest BCUT2D eigenvalue weighted by molar-refractivity contribution is 5.79. The summed E-state index contributed by atoms with van der Waals surface area (Å²) in [4.78, 5) is 11.9. The van der Waals surface area contributed by atoms with Gasteiger partial charge in [-0.2, -0.15) is 0 Å². The average molecular weight is 248 g/mol. The molecule has 2 rings (SSSR count). The fourth-order valence-electron chi connectivity index (χ4n) is 2.27. The molecule has 1 aliphatic rings. The van der Waals surface area contributed by atoms with Crippen molar-refractivity contribution in [1.82, 2.24) is 10.6 Å². The summed E-state index contributed by atoms with van der Waals surface area (Å²) in [5.74, 6) is 0.652. The summed E-state index contributed by atoms with van der Waals surface area (Å²) in [5, 5.41) is 15.9. The van der Waals surface area contributed by atoms with E-state index >= 15 is 0 Å². The van der Waals surface area contributed by atoms with Gasteiger partial charge in [0, 0.05) is 18.2 Å². The van der Waals surface area contributed by atoms with Crippen LogP contribution in [0.5, 0.6) is 5.75 Å². The van der Waals surface area contributed by atoms with Gasteiger partial charge < -0.3 is 15.7 Å². The molecule has 1 aromatic rings. The topological polar surface area (TPSA) is 61.4 Å². The van der Waals surface area contributed by atoms with E-state index in [0.717, 1.165) is 19.5 Å². The molecule has 1 aromatic carbocycles. The third kappa shape index (κ3) is 3.23. The van der Waals surface area contributed by atoms with Gasteiger partial charge in [-0.15, -0.1) is 0 Å². The number of para-hydroxylation sites is 1. The van der Waals surface area contributed by atoms with Crippen molar-refractivity contribution < 1.29 is 9.90 Å². The number of nitrogens with one attached hydrogen (secondary N) is 2. The van der Waals surface area contributed by atoms with E-state index in [1.54, 1.807) is 18.2 Å². The molecule has 2 atom stereocenters. The molecule has 1 aliphatic heterocycles. The summed E-state index contributed by atoms with van der Waals surface area (Å²) >= 11 is 0. The van der Waals surface area contributed by atoms with Gasteiger partial charge in [0.2, 0.25) is 5.91 Å². The normalized spacial score (nSPS) is 23.6. The summed E-state index contributed by atoms with van der Waals surface area (Å²) < 4.78 is 0. The smallest absolute Gasteiger partial charge is 0.224 e. The van der Waals surface area contributed by atoms with Gasteiger partial charge in [0.05, 0.1) is 6.42 Å². The van der Waals surface area contributed by atoms with Crippen LogP contribution in [0.3, 0.4) is 0 Å². The first-order chi connectivity index (χ1) is 8.66. The van der Waals surface area contributed by atoms with Gasteiger partial charge in [-0.1, -0.05) is 25.1 Å². The number of rotatable bonds is 3. The highest BCUT2D eigenvalue weighted by Crippen LogP contribution is 2.16. The molecule has 18 heavy (non-hydrogen) atoms. The number of hydrogen-bond donors (Lipinski definition) is 3. The van der Waals surface area contributed by atoms with Crippen LogP contribution in [0.25, 0.3) is 0 Å². The number of phenolic OH excluding ortho intramolecular Hbond substituents is 1. The predicted octanol–water partition coefficient (Wildman–Crippen LogP) is 1.05. The molecule has 1 amide bonds.